The highest BCUT2D eigenvalue weighted by atomic mass is 16.6. The van der Waals surface area contributed by atoms with Gasteiger partial charge in [-0.05, 0) is 36.4 Å². The van der Waals surface area contributed by atoms with Crippen molar-refractivity contribution in [2.24, 2.45) is 0 Å². The molecule has 0 fully saturated rings. The molecule has 0 saturated carbocycles. The van der Waals surface area contributed by atoms with E-state index in [0.29, 0.717) is 11.4 Å². The Morgan fingerprint density at radius 1 is 1.26 bits per heavy atom. The van der Waals surface area contributed by atoms with Crippen molar-refractivity contribution in [1.82, 2.24) is 10.2 Å². The number of nitro benzene ring substituents is 1. The van der Waals surface area contributed by atoms with Crippen molar-refractivity contribution in [3.63, 3.8) is 0 Å². The van der Waals surface area contributed by atoms with Crippen LogP contribution in [0.1, 0.15) is 16.1 Å². The Morgan fingerprint density at radius 3 is 2.63 bits per heavy atom. The number of anilines is 1. The van der Waals surface area contributed by atoms with Crippen LogP contribution in [0.2, 0.25) is 0 Å². The summed E-state index contributed by atoms with van der Waals surface area (Å²) in [5.41, 5.74) is 1.48. The molecule has 2 aromatic carbocycles. The van der Waals surface area contributed by atoms with Crippen LogP contribution in [0.4, 0.5) is 11.4 Å². The number of carbonyl (C=O) groups excluding carboxylic acids is 1. The van der Waals surface area contributed by atoms with Crippen molar-refractivity contribution in [3.05, 3.63) is 69.9 Å². The zero-order chi connectivity index (χ0) is 19.4. The largest absolute Gasteiger partial charge is 0.497 e. The molecular weight excluding hydrogens is 350 g/mol. The number of nitrogens with zero attached hydrogens (tertiary/aromatic N) is 3. The molecule has 0 unspecified atom stereocenters. The number of aromatic amines is 1. The topological polar surface area (TPSA) is 134 Å². The van der Waals surface area contributed by atoms with Crippen LogP contribution in [0.5, 0.6) is 5.75 Å². The highest BCUT2D eigenvalue weighted by Crippen LogP contribution is 2.23. The van der Waals surface area contributed by atoms with Gasteiger partial charge in [0.2, 0.25) is 0 Å². The van der Waals surface area contributed by atoms with Gasteiger partial charge >= 0.3 is 0 Å². The van der Waals surface area contributed by atoms with E-state index in [9.17, 15) is 14.9 Å². The summed E-state index contributed by atoms with van der Waals surface area (Å²) in [7, 11) is 1.57. The number of carbonyl (C=O) groups is 1. The SMILES string of the molecule is COc1ccc(-c2cc(C(=O)Nc3ccc([N+](=O)[O-])cc3C#N)[nH]n2)cc1. The molecule has 9 nitrogen and oxygen atoms in total. The van der Waals surface area contributed by atoms with Crippen LogP contribution in [-0.4, -0.2) is 28.1 Å². The molecule has 9 heteroatoms. The smallest absolute Gasteiger partial charge is 0.273 e. The molecule has 0 radical (unpaired) electrons. The second-order valence-corrected chi connectivity index (χ2v) is 5.45. The molecule has 0 atom stereocenters. The number of amides is 1. The van der Waals surface area contributed by atoms with Crippen molar-refractivity contribution in [3.8, 4) is 23.1 Å². The normalized spacial score (nSPS) is 10.1. The van der Waals surface area contributed by atoms with Crippen LogP contribution in [0.25, 0.3) is 11.3 Å². The summed E-state index contributed by atoms with van der Waals surface area (Å²) >= 11 is 0. The molecule has 1 amide bonds. The van der Waals surface area contributed by atoms with Crippen molar-refractivity contribution in [2.75, 3.05) is 12.4 Å². The van der Waals surface area contributed by atoms with E-state index < -0.39 is 10.8 Å². The lowest BCUT2D eigenvalue weighted by Gasteiger charge is -2.05. The number of hydrogen-bond acceptors (Lipinski definition) is 6. The standard InChI is InChI=1S/C18H13N5O4/c1-27-14-5-2-11(3-6-14)16-9-17(22-21-16)18(24)20-15-7-4-13(23(25)26)8-12(15)10-19/h2-9H,1H3,(H,20,24)(H,21,22). The van der Waals surface area contributed by atoms with Gasteiger partial charge < -0.3 is 10.1 Å². The zero-order valence-electron chi connectivity index (χ0n) is 14.1. The predicted octanol–water partition coefficient (Wildman–Crippen LogP) is 3.12. The summed E-state index contributed by atoms with van der Waals surface area (Å²) in [5, 5.41) is 29.2. The number of rotatable bonds is 5. The van der Waals surface area contributed by atoms with Gasteiger partial charge in [0, 0.05) is 17.7 Å². The number of nitro groups is 1. The lowest BCUT2D eigenvalue weighted by molar-refractivity contribution is -0.384. The Balaban J connectivity index is 1.80. The summed E-state index contributed by atoms with van der Waals surface area (Å²) in [6, 6.07) is 14.2. The maximum atomic E-state index is 12.4. The third-order valence-electron chi connectivity index (χ3n) is 3.79. The minimum Gasteiger partial charge on any atom is -0.497 e. The minimum atomic E-state index is -0.609. The molecular formula is C18H13N5O4. The lowest BCUT2D eigenvalue weighted by Crippen LogP contribution is -2.13. The first kappa shape index (κ1) is 17.6. The van der Waals surface area contributed by atoms with Gasteiger partial charge in [0.25, 0.3) is 11.6 Å². The molecule has 1 aromatic heterocycles. The molecule has 3 rings (SSSR count). The van der Waals surface area contributed by atoms with Crippen molar-refractivity contribution >= 4 is 17.3 Å². The Labute approximate surface area is 153 Å². The molecule has 0 aliphatic carbocycles. The average Bonchev–Trinajstić information content (AvgIpc) is 3.18. The van der Waals surface area contributed by atoms with Gasteiger partial charge in [-0.3, -0.25) is 20.0 Å². The predicted molar refractivity (Wildman–Crippen MR) is 96.3 cm³/mol. The fourth-order valence-corrected chi connectivity index (χ4v) is 2.38. The molecule has 0 aliphatic heterocycles. The Kier molecular flexibility index (Phi) is 4.81. The van der Waals surface area contributed by atoms with Gasteiger partial charge in [0.15, 0.2) is 0 Å². The van der Waals surface area contributed by atoms with Crippen molar-refractivity contribution in [1.29, 1.82) is 5.26 Å². The third kappa shape index (κ3) is 3.74. The Morgan fingerprint density at radius 2 is 2.00 bits per heavy atom. The van der Waals surface area contributed by atoms with Gasteiger partial charge in [0.05, 0.1) is 29.0 Å². The number of aromatic nitrogens is 2. The van der Waals surface area contributed by atoms with E-state index in [1.54, 1.807) is 37.4 Å². The average molecular weight is 363 g/mol. The van der Waals surface area contributed by atoms with Gasteiger partial charge in [-0.2, -0.15) is 10.4 Å². The van der Waals surface area contributed by atoms with E-state index in [2.05, 4.69) is 15.5 Å². The van der Waals surface area contributed by atoms with Gasteiger partial charge in [-0.15, -0.1) is 0 Å². The number of nitriles is 1. The summed E-state index contributed by atoms with van der Waals surface area (Å²) in [4.78, 5) is 22.6. The molecule has 0 saturated heterocycles. The monoisotopic (exact) mass is 363 g/mol. The molecule has 3 aromatic rings. The van der Waals surface area contributed by atoms with E-state index in [0.717, 1.165) is 11.6 Å². The summed E-state index contributed by atoms with van der Waals surface area (Å²) in [6.45, 7) is 0. The minimum absolute atomic E-state index is 0.00700. The summed E-state index contributed by atoms with van der Waals surface area (Å²) in [5.74, 6) is 0.182. The number of nitrogens with one attached hydrogen (secondary N) is 2. The van der Waals surface area contributed by atoms with Gasteiger partial charge in [-0.1, -0.05) is 0 Å². The molecule has 0 aliphatic rings. The highest BCUT2D eigenvalue weighted by Gasteiger charge is 2.15. The molecule has 0 spiro atoms. The zero-order valence-corrected chi connectivity index (χ0v) is 14.1. The van der Waals surface area contributed by atoms with Gasteiger partial charge in [0.1, 0.15) is 17.5 Å². The fraction of sp³-hybridized carbons (Fsp3) is 0.0556. The van der Waals surface area contributed by atoms with Crippen LogP contribution in [0.3, 0.4) is 0 Å². The van der Waals surface area contributed by atoms with Crippen molar-refractivity contribution in [2.45, 2.75) is 0 Å². The third-order valence-corrected chi connectivity index (χ3v) is 3.79. The van der Waals surface area contributed by atoms with Crippen LogP contribution in [0.15, 0.2) is 48.5 Å². The number of H-pyrrole nitrogens is 1. The highest BCUT2D eigenvalue weighted by molar-refractivity contribution is 6.04. The molecule has 2 N–H and O–H groups in total. The molecule has 27 heavy (non-hydrogen) atoms. The Hall–Kier alpha value is -4.19. The number of benzene rings is 2. The first-order valence-electron chi connectivity index (χ1n) is 7.71. The number of methoxy groups -OCH3 is 1. The molecule has 134 valence electrons. The second kappa shape index (κ2) is 7.37. The first-order chi connectivity index (χ1) is 13.0. The fourth-order valence-electron chi connectivity index (χ4n) is 2.38. The molecule has 1 heterocycles. The maximum Gasteiger partial charge on any atom is 0.273 e. The number of hydrogen-bond donors (Lipinski definition) is 2. The second-order valence-electron chi connectivity index (χ2n) is 5.45. The van der Waals surface area contributed by atoms with E-state index in [-0.39, 0.29) is 22.6 Å². The lowest BCUT2D eigenvalue weighted by atomic mass is 10.1. The van der Waals surface area contributed by atoms with E-state index in [4.69, 9.17) is 10.00 Å². The first-order valence-corrected chi connectivity index (χ1v) is 7.71. The Bertz CT molecular complexity index is 1050. The van der Waals surface area contributed by atoms with Crippen molar-refractivity contribution < 1.29 is 14.5 Å². The molecule has 0 bridgehead atoms. The van der Waals surface area contributed by atoms with Crippen LogP contribution >= 0.6 is 0 Å². The number of non-ortho nitro benzene ring substituents is 1. The quantitative estimate of drug-likeness (QED) is 0.528. The summed E-state index contributed by atoms with van der Waals surface area (Å²) in [6.07, 6.45) is 0. The number of ether oxygens (including phenoxy) is 1. The van der Waals surface area contributed by atoms with Gasteiger partial charge in [-0.25, -0.2) is 0 Å². The van der Waals surface area contributed by atoms with Crippen LogP contribution < -0.4 is 10.1 Å². The van der Waals surface area contributed by atoms with E-state index >= 15 is 0 Å². The maximum absolute atomic E-state index is 12.4. The van der Waals surface area contributed by atoms with E-state index in [1.807, 2.05) is 6.07 Å². The van der Waals surface area contributed by atoms with E-state index in [1.165, 1.54) is 12.1 Å². The van der Waals surface area contributed by atoms with Crippen LogP contribution in [0, 0.1) is 21.4 Å². The van der Waals surface area contributed by atoms with Crippen LogP contribution in [-0.2, 0) is 0 Å². The summed E-state index contributed by atoms with van der Waals surface area (Å²) < 4.78 is 5.10.